The van der Waals surface area contributed by atoms with Gasteiger partial charge in [0.05, 0.1) is 6.42 Å². The molecule has 7 nitrogen and oxygen atoms in total. The third kappa shape index (κ3) is 8.49. The molecule has 0 aliphatic heterocycles. The van der Waals surface area contributed by atoms with Crippen LogP contribution in [0.3, 0.4) is 0 Å². The molecule has 1 aromatic carbocycles. The number of alkyl halides is 3. The molecule has 1 aromatic rings. The van der Waals surface area contributed by atoms with Gasteiger partial charge in [0.15, 0.2) is 0 Å². The van der Waals surface area contributed by atoms with E-state index in [0.29, 0.717) is 5.56 Å². The molecule has 0 spiro atoms. The Bertz CT molecular complexity index is 738. The van der Waals surface area contributed by atoms with Gasteiger partial charge in [-0.3, -0.25) is 14.1 Å². The third-order valence-corrected chi connectivity index (χ3v) is 4.10. The summed E-state index contributed by atoms with van der Waals surface area (Å²) in [6.07, 6.45) is -8.75. The number of nitrogens with one attached hydrogen (secondary N) is 1. The van der Waals surface area contributed by atoms with E-state index in [0.717, 1.165) is 3.57 Å². The number of ether oxygens (including phenoxy) is 1. The zero-order valence-corrected chi connectivity index (χ0v) is 15.4. The van der Waals surface area contributed by atoms with Crippen molar-refractivity contribution in [2.45, 2.75) is 18.7 Å². The van der Waals surface area contributed by atoms with Crippen molar-refractivity contribution in [3.8, 4) is 0 Å². The molecule has 0 aliphatic carbocycles. The lowest BCUT2D eigenvalue weighted by molar-refractivity contribution is -0.215. The van der Waals surface area contributed by atoms with Crippen LogP contribution in [0.5, 0.6) is 0 Å². The van der Waals surface area contributed by atoms with Gasteiger partial charge in [-0.05, 0) is 40.8 Å². The van der Waals surface area contributed by atoms with Crippen molar-refractivity contribution in [2.24, 2.45) is 0 Å². The van der Waals surface area contributed by atoms with E-state index in [9.17, 15) is 31.2 Å². The highest BCUT2D eigenvalue weighted by molar-refractivity contribution is 14.1. The Balaban J connectivity index is 2.54. The fraction of sp³-hybridized carbons (Fsp3) is 0.385. The van der Waals surface area contributed by atoms with Crippen molar-refractivity contribution in [1.29, 1.82) is 0 Å². The number of carbonyl (C=O) groups is 2. The highest BCUT2D eigenvalue weighted by atomic mass is 127. The second kappa shape index (κ2) is 8.80. The van der Waals surface area contributed by atoms with Gasteiger partial charge in [-0.2, -0.15) is 21.6 Å². The first kappa shape index (κ1) is 21.6. The maximum absolute atomic E-state index is 12.6. The summed E-state index contributed by atoms with van der Waals surface area (Å²) in [5, 5.41) is 2.33. The van der Waals surface area contributed by atoms with Crippen LogP contribution in [0.2, 0.25) is 0 Å². The van der Waals surface area contributed by atoms with Crippen LogP contribution in [0.15, 0.2) is 24.3 Å². The lowest BCUT2D eigenvalue weighted by Crippen LogP contribution is -2.40. The van der Waals surface area contributed by atoms with Gasteiger partial charge in [-0.15, -0.1) is 0 Å². The van der Waals surface area contributed by atoms with E-state index in [1.807, 2.05) is 22.6 Å². The molecule has 0 radical (unpaired) electrons. The molecule has 2 N–H and O–H groups in total. The summed E-state index contributed by atoms with van der Waals surface area (Å²) >= 11 is 1.99. The molecule has 1 amide bonds. The number of halogens is 4. The maximum atomic E-state index is 12.6. The summed E-state index contributed by atoms with van der Waals surface area (Å²) in [6, 6.07) is 6.47. The summed E-state index contributed by atoms with van der Waals surface area (Å²) in [7, 11) is -4.99. The van der Waals surface area contributed by atoms with Crippen LogP contribution in [0.4, 0.5) is 13.2 Å². The van der Waals surface area contributed by atoms with Crippen molar-refractivity contribution in [1.82, 2.24) is 5.32 Å². The number of hydrogen-bond donors (Lipinski definition) is 2. The molecule has 1 rings (SSSR count). The Labute approximate surface area is 154 Å². The topological polar surface area (TPSA) is 110 Å². The van der Waals surface area contributed by atoms with Gasteiger partial charge in [0.1, 0.15) is 5.75 Å². The number of rotatable bonds is 7. The molecule has 1 unspecified atom stereocenters. The first-order valence-electron chi connectivity index (χ1n) is 6.63. The van der Waals surface area contributed by atoms with Crippen LogP contribution in [0.1, 0.15) is 16.8 Å². The molecule has 0 aromatic heterocycles. The number of esters is 1. The van der Waals surface area contributed by atoms with Gasteiger partial charge in [0, 0.05) is 15.7 Å². The minimum absolute atomic E-state index is 0.305. The number of amides is 1. The molecule has 0 saturated heterocycles. The van der Waals surface area contributed by atoms with Crippen molar-refractivity contribution < 1.29 is 40.5 Å². The smallest absolute Gasteiger partial charge is 0.426 e. The maximum Gasteiger partial charge on any atom is 0.426 e. The van der Waals surface area contributed by atoms with Crippen LogP contribution in [-0.2, 0) is 19.6 Å². The Hall–Kier alpha value is -1.41. The average molecular weight is 495 g/mol. The molecular formula is C13H13F3INO6S. The predicted molar refractivity (Wildman–Crippen MR) is 88.5 cm³/mol. The Morgan fingerprint density at radius 1 is 1.32 bits per heavy atom. The van der Waals surface area contributed by atoms with Crippen LogP contribution in [0.25, 0.3) is 0 Å². The van der Waals surface area contributed by atoms with E-state index >= 15 is 0 Å². The molecule has 0 saturated carbocycles. The zero-order valence-electron chi connectivity index (χ0n) is 12.4. The molecule has 0 bridgehead atoms. The lowest BCUT2D eigenvalue weighted by atomic mass is 10.2. The van der Waals surface area contributed by atoms with E-state index in [2.05, 4.69) is 10.1 Å². The van der Waals surface area contributed by atoms with E-state index < -0.39 is 46.4 Å². The monoisotopic (exact) mass is 495 g/mol. The quantitative estimate of drug-likeness (QED) is 0.339. The standard InChI is InChI=1S/C13H13F3INO6S/c14-13(15,16)10(7-25(21,22)23)24-11(19)4-5-18-12(20)8-2-1-3-9(17)6-8/h1-3,6,10H,4-5,7H2,(H,18,20)(H,21,22,23). The lowest BCUT2D eigenvalue weighted by Gasteiger charge is -2.19. The van der Waals surface area contributed by atoms with Crippen LogP contribution < -0.4 is 5.32 Å². The van der Waals surface area contributed by atoms with Crippen molar-refractivity contribution >= 4 is 44.6 Å². The van der Waals surface area contributed by atoms with Gasteiger partial charge in [-0.25, -0.2) is 0 Å². The molecule has 25 heavy (non-hydrogen) atoms. The minimum atomic E-state index is -5.16. The van der Waals surface area contributed by atoms with Crippen molar-refractivity contribution in [2.75, 3.05) is 12.3 Å². The molecule has 12 heteroatoms. The van der Waals surface area contributed by atoms with E-state index in [-0.39, 0.29) is 6.54 Å². The van der Waals surface area contributed by atoms with Gasteiger partial charge >= 0.3 is 12.1 Å². The summed E-state index contributed by atoms with van der Waals surface area (Å²) < 4.78 is 72.2. The summed E-state index contributed by atoms with van der Waals surface area (Å²) in [5.41, 5.74) is 0.305. The van der Waals surface area contributed by atoms with Gasteiger partial charge < -0.3 is 10.1 Å². The molecule has 1 atom stereocenters. The molecule has 0 heterocycles. The Morgan fingerprint density at radius 2 is 1.96 bits per heavy atom. The molecular weight excluding hydrogens is 482 g/mol. The highest BCUT2D eigenvalue weighted by Gasteiger charge is 2.45. The second-order valence-corrected chi connectivity index (χ2v) is 7.53. The van der Waals surface area contributed by atoms with Gasteiger partial charge in [0.2, 0.25) is 6.10 Å². The average Bonchev–Trinajstić information content (AvgIpc) is 2.44. The van der Waals surface area contributed by atoms with Crippen LogP contribution in [-0.4, -0.2) is 49.4 Å². The fourth-order valence-corrected chi connectivity index (χ4v) is 2.80. The first-order chi connectivity index (χ1) is 11.4. The Morgan fingerprint density at radius 3 is 2.48 bits per heavy atom. The summed E-state index contributed by atoms with van der Waals surface area (Å²) in [6.45, 7) is -0.306. The molecule has 140 valence electrons. The van der Waals surface area contributed by atoms with E-state index in [4.69, 9.17) is 4.55 Å². The fourth-order valence-electron chi connectivity index (χ4n) is 1.61. The van der Waals surface area contributed by atoms with Gasteiger partial charge in [0.25, 0.3) is 16.0 Å². The van der Waals surface area contributed by atoms with Crippen LogP contribution in [0, 0.1) is 3.57 Å². The molecule has 0 fully saturated rings. The number of carbonyl (C=O) groups excluding carboxylic acids is 2. The summed E-state index contributed by atoms with van der Waals surface area (Å²) in [4.78, 5) is 23.2. The van der Waals surface area contributed by atoms with Crippen LogP contribution >= 0.6 is 22.6 Å². The number of benzene rings is 1. The van der Waals surface area contributed by atoms with Gasteiger partial charge in [-0.1, -0.05) is 6.07 Å². The SMILES string of the molecule is O=C(CCNC(=O)c1cccc(I)c1)OC(CS(=O)(=O)O)C(F)(F)F. The third-order valence-electron chi connectivity index (χ3n) is 2.70. The highest BCUT2D eigenvalue weighted by Crippen LogP contribution is 2.24. The van der Waals surface area contributed by atoms with E-state index in [1.54, 1.807) is 18.2 Å². The molecule has 0 aliphatic rings. The normalized spacial score (nSPS) is 13.2. The zero-order chi connectivity index (χ0) is 19.3. The second-order valence-electron chi connectivity index (χ2n) is 4.78. The Kier molecular flexibility index (Phi) is 7.62. The van der Waals surface area contributed by atoms with Crippen molar-refractivity contribution in [3.63, 3.8) is 0 Å². The first-order valence-corrected chi connectivity index (χ1v) is 9.32. The van der Waals surface area contributed by atoms with Crippen molar-refractivity contribution in [3.05, 3.63) is 33.4 Å². The largest absolute Gasteiger partial charge is 0.451 e. The minimum Gasteiger partial charge on any atom is -0.451 e. The number of hydrogen-bond acceptors (Lipinski definition) is 5. The van der Waals surface area contributed by atoms with E-state index in [1.165, 1.54) is 6.07 Å². The summed E-state index contributed by atoms with van der Waals surface area (Å²) in [5.74, 6) is -3.69. The predicted octanol–water partition coefficient (Wildman–Crippen LogP) is 1.77.